The summed E-state index contributed by atoms with van der Waals surface area (Å²) < 4.78 is 13.6. The van der Waals surface area contributed by atoms with Crippen LogP contribution in [0.2, 0.25) is 10.0 Å². The molecule has 2 aromatic rings. The van der Waals surface area contributed by atoms with Crippen LogP contribution in [0.3, 0.4) is 0 Å². The normalized spacial score (nSPS) is 10.4. The van der Waals surface area contributed by atoms with Gasteiger partial charge in [0.25, 0.3) is 5.91 Å². The number of nitrogens with zero attached hydrogens (tertiary/aromatic N) is 1. The summed E-state index contributed by atoms with van der Waals surface area (Å²) in [6.45, 7) is 3.45. The molecule has 0 saturated carbocycles. The highest BCUT2D eigenvalue weighted by atomic mass is 35.5. The summed E-state index contributed by atoms with van der Waals surface area (Å²) >= 11 is 11.8. The van der Waals surface area contributed by atoms with E-state index in [0.717, 1.165) is 5.56 Å². The van der Waals surface area contributed by atoms with E-state index in [0.29, 0.717) is 10.7 Å². The number of anilines is 1. The second-order valence-corrected chi connectivity index (χ2v) is 5.14. The molecule has 3 nitrogen and oxygen atoms in total. The van der Waals surface area contributed by atoms with Crippen LogP contribution in [0.25, 0.3) is 0 Å². The number of aryl methyl sites for hydroxylation is 2. The summed E-state index contributed by atoms with van der Waals surface area (Å²) in [6.07, 6.45) is 0. The number of pyridine rings is 1. The quantitative estimate of drug-likeness (QED) is 0.893. The van der Waals surface area contributed by atoms with Crippen LogP contribution in [0.1, 0.15) is 21.6 Å². The van der Waals surface area contributed by atoms with Gasteiger partial charge < -0.3 is 5.32 Å². The Kier molecular flexibility index (Phi) is 4.26. The second-order valence-electron chi connectivity index (χ2n) is 4.32. The minimum Gasteiger partial charge on any atom is -0.305 e. The predicted octanol–water partition coefficient (Wildman–Crippen LogP) is 4.40. The van der Waals surface area contributed by atoms with Gasteiger partial charge in [0, 0.05) is 0 Å². The number of benzene rings is 1. The number of rotatable bonds is 2. The van der Waals surface area contributed by atoms with Gasteiger partial charge in [-0.3, -0.25) is 4.79 Å². The van der Waals surface area contributed by atoms with E-state index in [1.165, 1.54) is 18.2 Å². The lowest BCUT2D eigenvalue weighted by atomic mass is 10.1. The number of carbonyl (C=O) groups excluding carboxylic acids is 1. The summed E-state index contributed by atoms with van der Waals surface area (Å²) in [5.41, 5.74) is 1.24. The fraction of sp³-hybridized carbons (Fsp3) is 0.143. The third-order valence-electron chi connectivity index (χ3n) is 2.70. The maximum Gasteiger partial charge on any atom is 0.259 e. The largest absolute Gasteiger partial charge is 0.305 e. The van der Waals surface area contributed by atoms with Crippen LogP contribution in [0, 0.1) is 19.7 Å². The van der Waals surface area contributed by atoms with Crippen LogP contribution in [-0.4, -0.2) is 10.9 Å². The van der Waals surface area contributed by atoms with E-state index in [1.54, 1.807) is 19.9 Å². The van der Waals surface area contributed by atoms with Crippen LogP contribution < -0.4 is 5.32 Å². The lowest BCUT2D eigenvalue weighted by Crippen LogP contribution is -2.15. The molecule has 0 atom stereocenters. The van der Waals surface area contributed by atoms with Crippen LogP contribution in [-0.2, 0) is 0 Å². The highest BCUT2D eigenvalue weighted by molar-refractivity contribution is 6.36. The van der Waals surface area contributed by atoms with Gasteiger partial charge in [-0.1, -0.05) is 34.8 Å². The second kappa shape index (κ2) is 5.77. The Morgan fingerprint density at radius 1 is 1.20 bits per heavy atom. The van der Waals surface area contributed by atoms with Crippen LogP contribution in [0.5, 0.6) is 0 Å². The third-order valence-corrected chi connectivity index (χ3v) is 3.37. The van der Waals surface area contributed by atoms with Gasteiger partial charge in [-0.2, -0.15) is 0 Å². The molecule has 0 fully saturated rings. The number of carbonyl (C=O) groups is 1. The molecule has 0 saturated heterocycles. The van der Waals surface area contributed by atoms with Gasteiger partial charge in [-0.25, -0.2) is 9.37 Å². The Labute approximate surface area is 125 Å². The fourth-order valence-electron chi connectivity index (χ4n) is 1.63. The molecule has 1 heterocycles. The number of hydrogen-bond donors (Lipinski definition) is 1. The van der Waals surface area contributed by atoms with Crippen molar-refractivity contribution in [2.45, 2.75) is 13.8 Å². The van der Waals surface area contributed by atoms with Crippen molar-refractivity contribution >= 4 is 34.9 Å². The molecule has 0 unspecified atom stereocenters. The van der Waals surface area contributed by atoms with Crippen molar-refractivity contribution in [1.82, 2.24) is 4.98 Å². The van der Waals surface area contributed by atoms with Gasteiger partial charge in [0.05, 0.1) is 21.3 Å². The monoisotopic (exact) mass is 312 g/mol. The van der Waals surface area contributed by atoms with Gasteiger partial charge in [0.1, 0.15) is 5.82 Å². The Bertz CT molecular complexity index is 689. The van der Waals surface area contributed by atoms with Crippen LogP contribution in [0.15, 0.2) is 24.3 Å². The van der Waals surface area contributed by atoms with E-state index in [2.05, 4.69) is 10.3 Å². The standard InChI is InChI=1S/C14H11Cl2FN2O/c1-7-3-4-12(17)9(5-7)14(20)19-13-11(16)6-10(15)8(2)18-13/h3-6H,1-2H3,(H,18,19,20). The van der Waals surface area contributed by atoms with Crippen molar-refractivity contribution in [3.63, 3.8) is 0 Å². The maximum absolute atomic E-state index is 13.6. The van der Waals surface area contributed by atoms with Crippen molar-refractivity contribution in [2.75, 3.05) is 5.32 Å². The van der Waals surface area contributed by atoms with Crippen LogP contribution >= 0.6 is 23.2 Å². The van der Waals surface area contributed by atoms with Gasteiger partial charge in [-0.05, 0) is 32.0 Å². The van der Waals surface area contributed by atoms with Crippen molar-refractivity contribution in [3.05, 3.63) is 56.9 Å². The zero-order chi connectivity index (χ0) is 14.9. The molecule has 1 aromatic carbocycles. The molecule has 6 heteroatoms. The summed E-state index contributed by atoms with van der Waals surface area (Å²) in [7, 11) is 0. The van der Waals surface area contributed by atoms with Crippen LogP contribution in [0.4, 0.5) is 10.2 Å². The third kappa shape index (κ3) is 3.08. The average molecular weight is 313 g/mol. The maximum atomic E-state index is 13.6. The fourth-order valence-corrected chi connectivity index (χ4v) is 2.04. The molecule has 20 heavy (non-hydrogen) atoms. The topological polar surface area (TPSA) is 42.0 Å². The number of halogens is 3. The SMILES string of the molecule is Cc1ccc(F)c(C(=O)Nc2nc(C)c(Cl)cc2Cl)c1. The zero-order valence-electron chi connectivity index (χ0n) is 10.8. The highest BCUT2D eigenvalue weighted by Crippen LogP contribution is 2.26. The molecular weight excluding hydrogens is 302 g/mol. The van der Waals surface area contributed by atoms with E-state index in [-0.39, 0.29) is 16.4 Å². The van der Waals surface area contributed by atoms with Crippen molar-refractivity contribution in [3.8, 4) is 0 Å². The van der Waals surface area contributed by atoms with Crippen molar-refractivity contribution < 1.29 is 9.18 Å². The van der Waals surface area contributed by atoms with E-state index in [4.69, 9.17) is 23.2 Å². The first-order chi connectivity index (χ1) is 9.38. The number of aromatic nitrogens is 1. The first-order valence-corrected chi connectivity index (χ1v) is 6.54. The Hall–Kier alpha value is -1.65. The average Bonchev–Trinajstić information content (AvgIpc) is 2.38. The molecule has 1 amide bonds. The lowest BCUT2D eigenvalue weighted by Gasteiger charge is -2.09. The van der Waals surface area contributed by atoms with Gasteiger partial charge in [-0.15, -0.1) is 0 Å². The molecule has 0 bridgehead atoms. The summed E-state index contributed by atoms with van der Waals surface area (Å²) in [5, 5.41) is 3.08. The van der Waals surface area contributed by atoms with Crippen molar-refractivity contribution in [2.24, 2.45) is 0 Å². The smallest absolute Gasteiger partial charge is 0.259 e. The van der Waals surface area contributed by atoms with Gasteiger partial charge in [0.2, 0.25) is 0 Å². The van der Waals surface area contributed by atoms with E-state index >= 15 is 0 Å². The molecular formula is C14H11Cl2FN2O. The first kappa shape index (κ1) is 14.8. The van der Waals surface area contributed by atoms with Crippen molar-refractivity contribution in [1.29, 1.82) is 0 Å². The van der Waals surface area contributed by atoms with E-state index < -0.39 is 11.7 Å². The minimum absolute atomic E-state index is 0.0598. The summed E-state index contributed by atoms with van der Waals surface area (Å²) in [6, 6.07) is 5.77. The number of nitrogens with one attached hydrogen (secondary N) is 1. The molecule has 2 rings (SSSR count). The number of amides is 1. The van der Waals surface area contributed by atoms with Gasteiger partial charge >= 0.3 is 0 Å². The Balaban J connectivity index is 2.32. The van der Waals surface area contributed by atoms with E-state index in [1.807, 2.05) is 0 Å². The molecule has 0 radical (unpaired) electrons. The molecule has 0 aliphatic heterocycles. The first-order valence-electron chi connectivity index (χ1n) is 5.78. The highest BCUT2D eigenvalue weighted by Gasteiger charge is 2.15. The molecule has 1 aromatic heterocycles. The van der Waals surface area contributed by atoms with Gasteiger partial charge in [0.15, 0.2) is 5.82 Å². The lowest BCUT2D eigenvalue weighted by molar-refractivity contribution is 0.102. The van der Waals surface area contributed by atoms with E-state index in [9.17, 15) is 9.18 Å². The number of hydrogen-bond acceptors (Lipinski definition) is 2. The molecule has 104 valence electrons. The molecule has 0 aliphatic carbocycles. The minimum atomic E-state index is -0.609. The predicted molar refractivity (Wildman–Crippen MR) is 78.1 cm³/mol. The zero-order valence-corrected chi connectivity index (χ0v) is 12.3. The summed E-state index contributed by atoms with van der Waals surface area (Å²) in [4.78, 5) is 16.1. The molecule has 0 aliphatic rings. The molecule has 1 N–H and O–H groups in total. The Morgan fingerprint density at radius 3 is 2.60 bits per heavy atom. The summed E-state index contributed by atoms with van der Waals surface area (Å²) in [5.74, 6) is -1.06. The Morgan fingerprint density at radius 2 is 1.90 bits per heavy atom. The molecule has 0 spiro atoms.